The van der Waals surface area contributed by atoms with Crippen molar-refractivity contribution >= 4 is 22.5 Å². The molecule has 1 amide bonds. The fourth-order valence-corrected chi connectivity index (χ4v) is 4.50. The van der Waals surface area contributed by atoms with Crippen molar-refractivity contribution in [1.29, 1.82) is 0 Å². The predicted octanol–water partition coefficient (Wildman–Crippen LogP) is 4.18. The highest BCUT2D eigenvalue weighted by atomic mass is 16.3. The Kier molecular flexibility index (Phi) is 4.13. The third kappa shape index (κ3) is 2.99. The fraction of sp³-hybridized carbons (Fsp3) is 0.391. The minimum absolute atomic E-state index is 0.104. The van der Waals surface area contributed by atoms with Gasteiger partial charge in [-0.3, -0.25) is 14.8 Å². The molecule has 6 rings (SSSR count). The van der Waals surface area contributed by atoms with Gasteiger partial charge < -0.3 is 10.4 Å². The summed E-state index contributed by atoms with van der Waals surface area (Å²) in [5, 5.41) is 14.9. The molecule has 3 aliphatic rings. The topological polar surface area (TPSA) is 88.0 Å². The Labute approximate surface area is 169 Å². The van der Waals surface area contributed by atoms with E-state index in [2.05, 4.69) is 20.3 Å². The number of carbonyl (C=O) groups is 1. The monoisotopic (exact) mass is 388 g/mol. The molecular formula is C23H24N4O2. The van der Waals surface area contributed by atoms with Crippen LogP contribution < -0.4 is 5.32 Å². The Hall–Kier alpha value is -2.86. The van der Waals surface area contributed by atoms with Crippen molar-refractivity contribution in [3.63, 3.8) is 0 Å². The van der Waals surface area contributed by atoms with Crippen molar-refractivity contribution in [2.45, 2.75) is 45.6 Å². The number of aliphatic hydroxyl groups excluding tert-OH is 1. The van der Waals surface area contributed by atoms with Crippen molar-refractivity contribution in [1.82, 2.24) is 15.0 Å². The van der Waals surface area contributed by atoms with E-state index in [0.29, 0.717) is 17.9 Å². The fourth-order valence-electron chi connectivity index (χ4n) is 4.50. The van der Waals surface area contributed by atoms with E-state index in [1.807, 2.05) is 32.0 Å². The number of hydrogen-bond acceptors (Lipinski definition) is 5. The summed E-state index contributed by atoms with van der Waals surface area (Å²) in [6, 6.07) is 5.77. The van der Waals surface area contributed by atoms with Gasteiger partial charge in [0.05, 0.1) is 22.9 Å². The van der Waals surface area contributed by atoms with Crippen LogP contribution in [-0.4, -0.2) is 26.0 Å². The summed E-state index contributed by atoms with van der Waals surface area (Å²) >= 11 is 0. The van der Waals surface area contributed by atoms with E-state index in [1.54, 1.807) is 18.6 Å². The van der Waals surface area contributed by atoms with Gasteiger partial charge in [0.1, 0.15) is 5.82 Å². The van der Waals surface area contributed by atoms with Crippen LogP contribution >= 0.6 is 0 Å². The lowest BCUT2D eigenvalue weighted by molar-refractivity contribution is -0.158. The van der Waals surface area contributed by atoms with Crippen molar-refractivity contribution in [2.75, 3.05) is 5.32 Å². The van der Waals surface area contributed by atoms with E-state index in [4.69, 9.17) is 0 Å². The van der Waals surface area contributed by atoms with Gasteiger partial charge in [-0.05, 0) is 62.3 Å². The number of anilines is 1. The summed E-state index contributed by atoms with van der Waals surface area (Å²) in [7, 11) is 0. The van der Waals surface area contributed by atoms with Crippen molar-refractivity contribution in [3.8, 4) is 11.3 Å². The number of fused-ring (bicyclic) bond motifs is 1. The largest absolute Gasteiger partial charge is 0.387 e. The highest BCUT2D eigenvalue weighted by Crippen LogP contribution is 2.64. The van der Waals surface area contributed by atoms with Crippen LogP contribution in [0.2, 0.25) is 0 Å². The van der Waals surface area contributed by atoms with Crippen molar-refractivity contribution in [2.24, 2.45) is 11.3 Å². The number of carbonyl (C=O) groups excluding carboxylic acids is 1. The first kappa shape index (κ1) is 18.2. The minimum atomic E-state index is -0.546. The molecule has 2 N–H and O–H groups in total. The first-order valence-electron chi connectivity index (χ1n) is 10.2. The summed E-state index contributed by atoms with van der Waals surface area (Å²) in [6.45, 7) is 3.93. The number of pyridine rings is 3. The second kappa shape index (κ2) is 6.59. The lowest BCUT2D eigenvalue weighted by atomic mass is 9.44. The maximum Gasteiger partial charge on any atom is 0.231 e. The Morgan fingerprint density at radius 1 is 1.14 bits per heavy atom. The molecule has 1 atom stereocenters. The Bertz CT molecular complexity index is 1110. The first-order valence-corrected chi connectivity index (χ1v) is 10.2. The standard InChI is InChI=1S/C23H24N4O2/c1-3-20(28)19-4-13(2)17(12-25-19)18-5-15-11-26-21(6-16(15)10-24-18)27-22(29)23-7-14(8-23)9-23/h4-6,10-12,14,20,28H,3,7-9H2,1-2H3,(H,26,27,29)/t14?,20-,23?/m1/s1. The molecule has 0 aliphatic heterocycles. The number of nitrogens with one attached hydrogen (secondary N) is 1. The maximum absolute atomic E-state index is 12.5. The number of rotatable bonds is 5. The molecular weight excluding hydrogens is 364 g/mol. The van der Waals surface area contributed by atoms with Gasteiger partial charge in [-0.25, -0.2) is 4.98 Å². The number of hydrogen-bond donors (Lipinski definition) is 2. The quantitative estimate of drug-likeness (QED) is 0.684. The highest BCUT2D eigenvalue weighted by Gasteiger charge is 2.61. The zero-order valence-electron chi connectivity index (χ0n) is 16.6. The zero-order valence-corrected chi connectivity index (χ0v) is 16.6. The highest BCUT2D eigenvalue weighted by molar-refractivity contribution is 5.98. The minimum Gasteiger partial charge on any atom is -0.387 e. The average Bonchev–Trinajstić information content (AvgIpc) is 2.64. The van der Waals surface area contributed by atoms with E-state index in [1.165, 1.54) is 0 Å². The van der Waals surface area contributed by atoms with Gasteiger partial charge in [0, 0.05) is 34.9 Å². The lowest BCUT2D eigenvalue weighted by Gasteiger charge is -2.59. The molecule has 0 spiro atoms. The van der Waals surface area contributed by atoms with E-state index >= 15 is 0 Å². The second-order valence-electron chi connectivity index (χ2n) is 8.55. The molecule has 0 unspecified atom stereocenters. The number of aliphatic hydroxyl groups is 1. The van der Waals surface area contributed by atoms with E-state index in [0.717, 1.165) is 52.8 Å². The number of nitrogens with zero attached hydrogens (tertiary/aromatic N) is 3. The second-order valence-corrected chi connectivity index (χ2v) is 8.55. The van der Waals surface area contributed by atoms with Gasteiger partial charge in [0.25, 0.3) is 0 Å². The van der Waals surface area contributed by atoms with Crippen LogP contribution in [0.3, 0.4) is 0 Å². The number of amides is 1. The van der Waals surface area contributed by atoms with Gasteiger partial charge in [0.15, 0.2) is 0 Å². The van der Waals surface area contributed by atoms with Gasteiger partial charge in [-0.15, -0.1) is 0 Å². The van der Waals surface area contributed by atoms with Crippen LogP contribution in [0.15, 0.2) is 36.8 Å². The molecule has 3 saturated carbocycles. The Balaban J connectivity index is 1.40. The molecule has 3 heterocycles. The van der Waals surface area contributed by atoms with Crippen LogP contribution in [-0.2, 0) is 4.79 Å². The molecule has 3 aromatic heterocycles. The Morgan fingerprint density at radius 3 is 2.52 bits per heavy atom. The molecule has 3 aliphatic carbocycles. The number of aryl methyl sites for hydroxylation is 1. The zero-order chi connectivity index (χ0) is 20.2. The van der Waals surface area contributed by atoms with E-state index in [9.17, 15) is 9.90 Å². The third-order valence-electron chi connectivity index (χ3n) is 6.50. The third-order valence-corrected chi connectivity index (χ3v) is 6.50. The predicted molar refractivity (Wildman–Crippen MR) is 111 cm³/mol. The van der Waals surface area contributed by atoms with Crippen LogP contribution in [0.5, 0.6) is 0 Å². The molecule has 3 fully saturated rings. The molecule has 148 valence electrons. The van der Waals surface area contributed by atoms with E-state index in [-0.39, 0.29) is 11.3 Å². The van der Waals surface area contributed by atoms with Crippen LogP contribution in [0, 0.1) is 18.3 Å². The smallest absolute Gasteiger partial charge is 0.231 e. The molecule has 6 nitrogen and oxygen atoms in total. The molecule has 0 aromatic carbocycles. The normalized spacial score (nSPS) is 23.2. The van der Waals surface area contributed by atoms with Crippen molar-refractivity contribution < 1.29 is 9.90 Å². The first-order chi connectivity index (χ1) is 14.0. The van der Waals surface area contributed by atoms with Crippen LogP contribution in [0.4, 0.5) is 5.82 Å². The Morgan fingerprint density at radius 2 is 1.86 bits per heavy atom. The van der Waals surface area contributed by atoms with Crippen LogP contribution in [0.25, 0.3) is 22.0 Å². The summed E-state index contributed by atoms with van der Waals surface area (Å²) < 4.78 is 0. The number of aromatic nitrogens is 3. The average molecular weight is 388 g/mol. The van der Waals surface area contributed by atoms with Crippen LogP contribution in [0.1, 0.15) is 50.0 Å². The van der Waals surface area contributed by atoms with Gasteiger partial charge in [-0.2, -0.15) is 0 Å². The van der Waals surface area contributed by atoms with Crippen molar-refractivity contribution in [3.05, 3.63) is 48.0 Å². The molecule has 29 heavy (non-hydrogen) atoms. The molecule has 2 bridgehead atoms. The van der Waals surface area contributed by atoms with Gasteiger partial charge in [0.2, 0.25) is 5.91 Å². The summed E-state index contributed by atoms with van der Waals surface area (Å²) in [4.78, 5) is 25.9. The summed E-state index contributed by atoms with van der Waals surface area (Å²) in [5.41, 5.74) is 3.32. The van der Waals surface area contributed by atoms with Gasteiger partial charge >= 0.3 is 0 Å². The molecule has 0 saturated heterocycles. The molecule has 6 heteroatoms. The molecule has 0 radical (unpaired) electrons. The summed E-state index contributed by atoms with van der Waals surface area (Å²) in [6.07, 6.45) is 8.51. The lowest BCUT2D eigenvalue weighted by Crippen LogP contribution is -2.58. The maximum atomic E-state index is 12.5. The van der Waals surface area contributed by atoms with Gasteiger partial charge in [-0.1, -0.05) is 6.92 Å². The summed E-state index contributed by atoms with van der Waals surface area (Å²) in [5.74, 6) is 1.45. The molecule has 3 aromatic rings. The van der Waals surface area contributed by atoms with E-state index < -0.39 is 6.10 Å². The SMILES string of the molecule is CC[C@@H](O)c1cc(C)c(-c2cc3cnc(NC(=O)C45CC(C4)C5)cc3cn2)cn1.